The van der Waals surface area contributed by atoms with Gasteiger partial charge in [0.15, 0.2) is 0 Å². The molecule has 24 heavy (non-hydrogen) atoms. The minimum Gasteiger partial charge on any atom is -0.435 e. The number of nitrogens with one attached hydrogen (secondary N) is 1. The molecule has 0 aliphatic heterocycles. The van der Waals surface area contributed by atoms with Gasteiger partial charge < -0.3 is 15.0 Å². The van der Waals surface area contributed by atoms with Crippen molar-refractivity contribution in [1.82, 2.24) is 10.2 Å². The summed E-state index contributed by atoms with van der Waals surface area (Å²) in [5.74, 6) is 0.115. The second-order valence-corrected chi connectivity index (χ2v) is 6.20. The molecular weight excluding hydrogens is 314 g/mol. The summed E-state index contributed by atoms with van der Waals surface area (Å²) in [5.41, 5.74) is 0.852. The van der Waals surface area contributed by atoms with Crippen molar-refractivity contribution in [2.75, 3.05) is 6.54 Å². The predicted octanol–water partition coefficient (Wildman–Crippen LogP) is 4.71. The number of benzene rings is 1. The summed E-state index contributed by atoms with van der Waals surface area (Å²) in [4.78, 5) is 14.5. The largest absolute Gasteiger partial charge is 0.435 e. The van der Waals surface area contributed by atoms with E-state index in [2.05, 4.69) is 10.1 Å². The molecule has 0 aromatic heterocycles. The molecule has 4 nitrogen and oxygen atoms in total. The number of nitrogens with zero attached hydrogens (tertiary/aromatic N) is 1. The number of amides is 2. The van der Waals surface area contributed by atoms with E-state index in [-0.39, 0.29) is 17.8 Å². The Balaban J connectivity index is 1.94. The first-order valence-corrected chi connectivity index (χ1v) is 8.63. The Bertz CT molecular complexity index is 516. The summed E-state index contributed by atoms with van der Waals surface area (Å²) in [6.45, 7) is 1.73. The van der Waals surface area contributed by atoms with Crippen LogP contribution in [0.3, 0.4) is 0 Å². The maximum atomic E-state index is 12.6. The summed E-state index contributed by atoms with van der Waals surface area (Å²) in [6, 6.07) is 6.42. The van der Waals surface area contributed by atoms with Crippen LogP contribution < -0.4 is 10.1 Å². The Morgan fingerprint density at radius 3 is 2.42 bits per heavy atom. The number of carbonyl (C=O) groups excluding carboxylic acids is 1. The lowest BCUT2D eigenvalue weighted by Crippen LogP contribution is -2.47. The SMILES string of the molecule is CCN(C(=O)NC(C)c1ccc(OC(F)F)cc1)C1CCCCC1. The number of halogens is 2. The highest BCUT2D eigenvalue weighted by molar-refractivity contribution is 5.75. The highest BCUT2D eigenvalue weighted by atomic mass is 19.3. The fraction of sp³-hybridized carbons (Fsp3) is 0.611. The second-order valence-electron chi connectivity index (χ2n) is 6.20. The molecule has 1 fully saturated rings. The molecule has 1 aromatic rings. The number of hydrogen-bond donors (Lipinski definition) is 1. The van der Waals surface area contributed by atoms with Gasteiger partial charge in [-0.2, -0.15) is 8.78 Å². The van der Waals surface area contributed by atoms with Crippen LogP contribution in [0.2, 0.25) is 0 Å². The summed E-state index contributed by atoms with van der Waals surface area (Å²) in [7, 11) is 0. The Kier molecular flexibility index (Phi) is 6.82. The number of alkyl halides is 2. The number of rotatable bonds is 6. The highest BCUT2D eigenvalue weighted by Gasteiger charge is 2.25. The molecular formula is C18H26F2N2O2. The molecule has 2 rings (SSSR count). The van der Waals surface area contributed by atoms with E-state index in [4.69, 9.17) is 0 Å². The molecule has 1 unspecified atom stereocenters. The topological polar surface area (TPSA) is 41.6 Å². The second kappa shape index (κ2) is 8.85. The zero-order chi connectivity index (χ0) is 17.5. The molecule has 0 saturated heterocycles. The Labute approximate surface area is 142 Å². The lowest BCUT2D eigenvalue weighted by atomic mass is 9.94. The van der Waals surface area contributed by atoms with Crippen LogP contribution in [-0.2, 0) is 0 Å². The average molecular weight is 340 g/mol. The highest BCUT2D eigenvalue weighted by Crippen LogP contribution is 2.24. The molecule has 1 N–H and O–H groups in total. The third kappa shape index (κ3) is 5.08. The standard InChI is InChI=1S/C18H26F2N2O2/c1-3-22(15-7-5-4-6-8-15)18(23)21-13(2)14-9-11-16(12-10-14)24-17(19)20/h9-13,15,17H,3-8H2,1-2H3,(H,21,23). The molecule has 134 valence electrons. The lowest BCUT2D eigenvalue weighted by molar-refractivity contribution is -0.0498. The van der Waals surface area contributed by atoms with Crippen LogP contribution in [0.5, 0.6) is 5.75 Å². The van der Waals surface area contributed by atoms with Crippen molar-refractivity contribution in [2.45, 2.75) is 64.6 Å². The van der Waals surface area contributed by atoms with Gasteiger partial charge in [0, 0.05) is 12.6 Å². The van der Waals surface area contributed by atoms with Crippen molar-refractivity contribution in [3.8, 4) is 5.75 Å². The van der Waals surface area contributed by atoms with Gasteiger partial charge in [-0.3, -0.25) is 0 Å². The molecule has 0 bridgehead atoms. The van der Waals surface area contributed by atoms with E-state index in [0.29, 0.717) is 12.6 Å². The van der Waals surface area contributed by atoms with Gasteiger partial charge in [-0.05, 0) is 44.4 Å². The van der Waals surface area contributed by atoms with Crippen molar-refractivity contribution in [2.24, 2.45) is 0 Å². The first kappa shape index (κ1) is 18.5. The smallest absolute Gasteiger partial charge is 0.387 e. The van der Waals surface area contributed by atoms with E-state index in [1.807, 2.05) is 18.7 Å². The summed E-state index contributed by atoms with van der Waals surface area (Å²) >= 11 is 0. The molecule has 0 radical (unpaired) electrons. The van der Waals surface area contributed by atoms with E-state index >= 15 is 0 Å². The molecule has 1 aliphatic rings. The fourth-order valence-electron chi connectivity index (χ4n) is 3.25. The van der Waals surface area contributed by atoms with Crippen LogP contribution in [0, 0.1) is 0 Å². The molecule has 0 heterocycles. The van der Waals surface area contributed by atoms with Crippen molar-refractivity contribution in [3.63, 3.8) is 0 Å². The number of ether oxygens (including phenoxy) is 1. The average Bonchev–Trinajstić information content (AvgIpc) is 2.56. The molecule has 0 spiro atoms. The third-order valence-electron chi connectivity index (χ3n) is 4.56. The Morgan fingerprint density at radius 2 is 1.88 bits per heavy atom. The van der Waals surface area contributed by atoms with Gasteiger partial charge >= 0.3 is 12.6 Å². The maximum absolute atomic E-state index is 12.6. The van der Waals surface area contributed by atoms with Gasteiger partial charge in [-0.1, -0.05) is 31.4 Å². The van der Waals surface area contributed by atoms with Gasteiger partial charge in [-0.25, -0.2) is 4.79 Å². The summed E-state index contributed by atoms with van der Waals surface area (Å²) in [5, 5.41) is 3.00. The van der Waals surface area contributed by atoms with Crippen molar-refractivity contribution < 1.29 is 18.3 Å². The summed E-state index contributed by atoms with van der Waals surface area (Å²) in [6.07, 6.45) is 5.73. The minimum absolute atomic E-state index is 0.0650. The van der Waals surface area contributed by atoms with Crippen LogP contribution in [0.25, 0.3) is 0 Å². The molecule has 1 saturated carbocycles. The van der Waals surface area contributed by atoms with E-state index in [9.17, 15) is 13.6 Å². The van der Waals surface area contributed by atoms with E-state index in [1.165, 1.54) is 31.4 Å². The number of urea groups is 1. The zero-order valence-corrected chi connectivity index (χ0v) is 14.3. The normalized spacial score (nSPS) is 16.7. The van der Waals surface area contributed by atoms with E-state index in [1.54, 1.807) is 12.1 Å². The predicted molar refractivity (Wildman–Crippen MR) is 89.3 cm³/mol. The lowest BCUT2D eigenvalue weighted by Gasteiger charge is -2.34. The monoisotopic (exact) mass is 340 g/mol. The minimum atomic E-state index is -2.83. The first-order valence-electron chi connectivity index (χ1n) is 8.63. The Morgan fingerprint density at radius 1 is 1.25 bits per heavy atom. The first-order chi connectivity index (χ1) is 11.5. The van der Waals surface area contributed by atoms with Crippen LogP contribution in [0.15, 0.2) is 24.3 Å². The Hall–Kier alpha value is -1.85. The van der Waals surface area contributed by atoms with Crippen LogP contribution in [-0.4, -0.2) is 30.1 Å². The summed E-state index contributed by atoms with van der Waals surface area (Å²) < 4.78 is 28.7. The zero-order valence-electron chi connectivity index (χ0n) is 14.3. The van der Waals surface area contributed by atoms with E-state index in [0.717, 1.165) is 18.4 Å². The molecule has 1 aromatic carbocycles. The maximum Gasteiger partial charge on any atom is 0.387 e. The van der Waals surface area contributed by atoms with Crippen LogP contribution in [0.1, 0.15) is 57.6 Å². The fourth-order valence-corrected chi connectivity index (χ4v) is 3.25. The number of carbonyl (C=O) groups is 1. The molecule has 1 atom stereocenters. The van der Waals surface area contributed by atoms with Gasteiger partial charge in [0.1, 0.15) is 5.75 Å². The quantitative estimate of drug-likeness (QED) is 0.814. The van der Waals surface area contributed by atoms with Crippen LogP contribution in [0.4, 0.5) is 13.6 Å². The number of hydrogen-bond acceptors (Lipinski definition) is 2. The van der Waals surface area contributed by atoms with Gasteiger partial charge in [0.05, 0.1) is 6.04 Å². The molecule has 6 heteroatoms. The molecule has 2 amide bonds. The van der Waals surface area contributed by atoms with Gasteiger partial charge in [0.25, 0.3) is 0 Å². The third-order valence-corrected chi connectivity index (χ3v) is 4.56. The van der Waals surface area contributed by atoms with Gasteiger partial charge in [-0.15, -0.1) is 0 Å². The van der Waals surface area contributed by atoms with Crippen molar-refractivity contribution in [3.05, 3.63) is 29.8 Å². The van der Waals surface area contributed by atoms with Crippen molar-refractivity contribution >= 4 is 6.03 Å². The van der Waals surface area contributed by atoms with Gasteiger partial charge in [0.2, 0.25) is 0 Å². The molecule has 1 aliphatic carbocycles. The van der Waals surface area contributed by atoms with Crippen LogP contribution >= 0.6 is 0 Å². The van der Waals surface area contributed by atoms with E-state index < -0.39 is 6.61 Å². The van der Waals surface area contributed by atoms with Crippen molar-refractivity contribution in [1.29, 1.82) is 0 Å².